The number of aliphatic hydroxyl groups is 1. The molecule has 21 heavy (non-hydrogen) atoms. The van der Waals surface area contributed by atoms with Crippen molar-refractivity contribution in [3.8, 4) is 0 Å². The zero-order chi connectivity index (χ0) is 15.2. The van der Waals surface area contributed by atoms with E-state index in [0.29, 0.717) is 10.8 Å². The zero-order valence-corrected chi connectivity index (χ0v) is 12.9. The summed E-state index contributed by atoms with van der Waals surface area (Å²) in [7, 11) is 0. The number of benzene rings is 2. The molecule has 1 atom stereocenters. The molecule has 4 heteroatoms. The summed E-state index contributed by atoms with van der Waals surface area (Å²) in [4.78, 5) is 13.2. The van der Waals surface area contributed by atoms with Crippen molar-refractivity contribution in [2.75, 3.05) is 5.32 Å². The number of nitrogens with one attached hydrogen (secondary N) is 1. The van der Waals surface area contributed by atoms with Crippen LogP contribution in [0.4, 0.5) is 5.69 Å². The highest BCUT2D eigenvalue weighted by molar-refractivity contribution is 8.00. The summed E-state index contributed by atoms with van der Waals surface area (Å²) in [6, 6.07) is 16.5. The molecule has 0 heterocycles. The normalized spacial score (nSPS) is 12.2. The van der Waals surface area contributed by atoms with Crippen LogP contribution < -0.4 is 5.32 Å². The van der Waals surface area contributed by atoms with Crippen molar-refractivity contribution in [1.82, 2.24) is 0 Å². The fourth-order valence-corrected chi connectivity index (χ4v) is 2.83. The van der Waals surface area contributed by atoms with Gasteiger partial charge in [0.1, 0.15) is 0 Å². The van der Waals surface area contributed by atoms with Crippen LogP contribution in [0, 0.1) is 0 Å². The summed E-state index contributed by atoms with van der Waals surface area (Å²) >= 11 is 1.68. The third-order valence-electron chi connectivity index (χ3n) is 2.87. The summed E-state index contributed by atoms with van der Waals surface area (Å²) in [6.45, 7) is 4.20. The maximum atomic E-state index is 12.2. The Morgan fingerprint density at radius 2 is 1.67 bits per heavy atom. The first-order chi connectivity index (χ1) is 10.1. The summed E-state index contributed by atoms with van der Waals surface area (Å²) in [5.74, 6) is -0.419. The fourth-order valence-electron chi connectivity index (χ4n) is 1.91. The van der Waals surface area contributed by atoms with E-state index in [-0.39, 0.29) is 0 Å². The zero-order valence-electron chi connectivity index (χ0n) is 12.1. The minimum absolute atomic E-state index is 0.419. The Morgan fingerprint density at radius 1 is 1.05 bits per heavy atom. The molecule has 0 aromatic heterocycles. The van der Waals surface area contributed by atoms with Gasteiger partial charge >= 0.3 is 0 Å². The molecule has 110 valence electrons. The van der Waals surface area contributed by atoms with Crippen molar-refractivity contribution in [1.29, 1.82) is 0 Å². The van der Waals surface area contributed by atoms with Crippen molar-refractivity contribution >= 4 is 23.4 Å². The minimum atomic E-state index is -1.16. The van der Waals surface area contributed by atoms with Crippen LogP contribution in [-0.4, -0.2) is 16.3 Å². The maximum Gasteiger partial charge on any atom is 0.257 e. The van der Waals surface area contributed by atoms with Gasteiger partial charge in [-0.15, -0.1) is 11.8 Å². The van der Waals surface area contributed by atoms with E-state index in [1.54, 1.807) is 36.0 Å². The fraction of sp³-hybridized carbons (Fsp3) is 0.235. The average molecular weight is 301 g/mol. The molecule has 0 radical (unpaired) electrons. The average Bonchev–Trinajstić information content (AvgIpc) is 2.49. The molecule has 0 aliphatic carbocycles. The van der Waals surface area contributed by atoms with Gasteiger partial charge in [-0.2, -0.15) is 0 Å². The number of carbonyl (C=O) groups is 1. The van der Waals surface area contributed by atoms with Crippen LogP contribution in [-0.2, 0) is 4.79 Å². The second-order valence-electron chi connectivity index (χ2n) is 4.97. The molecular formula is C17H19NO2S. The summed E-state index contributed by atoms with van der Waals surface area (Å²) in [5.41, 5.74) is 1.32. The predicted molar refractivity (Wildman–Crippen MR) is 87.5 cm³/mol. The number of aliphatic hydroxyl groups excluding tert-OH is 1. The van der Waals surface area contributed by atoms with E-state index in [1.807, 2.05) is 30.3 Å². The number of para-hydroxylation sites is 1. The van der Waals surface area contributed by atoms with Crippen LogP contribution in [0.3, 0.4) is 0 Å². The van der Waals surface area contributed by atoms with Gasteiger partial charge in [0, 0.05) is 10.1 Å². The van der Waals surface area contributed by atoms with Crippen molar-refractivity contribution in [2.45, 2.75) is 30.1 Å². The van der Waals surface area contributed by atoms with E-state index in [2.05, 4.69) is 19.2 Å². The number of hydrogen-bond donors (Lipinski definition) is 2. The molecule has 0 fully saturated rings. The van der Waals surface area contributed by atoms with Gasteiger partial charge < -0.3 is 10.4 Å². The Morgan fingerprint density at radius 3 is 2.33 bits per heavy atom. The van der Waals surface area contributed by atoms with E-state index in [9.17, 15) is 9.90 Å². The van der Waals surface area contributed by atoms with Gasteiger partial charge in [-0.1, -0.05) is 56.3 Å². The van der Waals surface area contributed by atoms with Crippen LogP contribution in [0.2, 0.25) is 0 Å². The smallest absolute Gasteiger partial charge is 0.257 e. The second-order valence-corrected chi connectivity index (χ2v) is 6.58. The lowest BCUT2D eigenvalue weighted by Crippen LogP contribution is -2.21. The molecule has 0 saturated heterocycles. The number of amides is 1. The monoisotopic (exact) mass is 301 g/mol. The van der Waals surface area contributed by atoms with E-state index in [0.717, 1.165) is 10.6 Å². The SMILES string of the molecule is CC(C)Sc1ccccc1NC(=O)C(O)c1ccccc1. The van der Waals surface area contributed by atoms with Crippen LogP contribution in [0.25, 0.3) is 0 Å². The molecule has 0 aliphatic rings. The lowest BCUT2D eigenvalue weighted by atomic mass is 10.1. The lowest BCUT2D eigenvalue weighted by molar-refractivity contribution is -0.124. The number of carbonyl (C=O) groups excluding carboxylic acids is 1. The first-order valence-electron chi connectivity index (χ1n) is 6.87. The standard InChI is InChI=1S/C17H19NO2S/c1-12(2)21-15-11-7-6-10-14(15)18-17(20)16(19)13-8-4-3-5-9-13/h3-12,16,19H,1-2H3,(H,18,20). The van der Waals surface area contributed by atoms with E-state index >= 15 is 0 Å². The van der Waals surface area contributed by atoms with Gasteiger partial charge in [-0.25, -0.2) is 0 Å². The second kappa shape index (κ2) is 7.29. The van der Waals surface area contributed by atoms with Gasteiger partial charge in [0.15, 0.2) is 6.10 Å². The highest BCUT2D eigenvalue weighted by Crippen LogP contribution is 2.30. The molecule has 2 aromatic rings. The van der Waals surface area contributed by atoms with E-state index in [1.165, 1.54) is 0 Å². The van der Waals surface area contributed by atoms with Crippen LogP contribution >= 0.6 is 11.8 Å². The van der Waals surface area contributed by atoms with Gasteiger partial charge in [0.25, 0.3) is 5.91 Å². The molecule has 0 bridgehead atoms. The van der Waals surface area contributed by atoms with E-state index in [4.69, 9.17) is 0 Å². The lowest BCUT2D eigenvalue weighted by Gasteiger charge is -2.15. The third kappa shape index (κ3) is 4.34. The van der Waals surface area contributed by atoms with Crippen LogP contribution in [0.5, 0.6) is 0 Å². The van der Waals surface area contributed by atoms with Gasteiger partial charge in [-0.3, -0.25) is 4.79 Å². The predicted octanol–water partition coefficient (Wildman–Crippen LogP) is 3.86. The molecule has 0 saturated carbocycles. The Balaban J connectivity index is 2.13. The molecule has 0 aliphatic heterocycles. The quantitative estimate of drug-likeness (QED) is 0.825. The Kier molecular flexibility index (Phi) is 5.42. The van der Waals surface area contributed by atoms with Gasteiger partial charge in [0.05, 0.1) is 5.69 Å². The largest absolute Gasteiger partial charge is 0.378 e. The molecule has 3 nitrogen and oxygen atoms in total. The molecular weight excluding hydrogens is 282 g/mol. The topological polar surface area (TPSA) is 49.3 Å². The molecule has 2 rings (SSSR count). The minimum Gasteiger partial charge on any atom is -0.378 e. The highest BCUT2D eigenvalue weighted by atomic mass is 32.2. The molecule has 2 N–H and O–H groups in total. The van der Waals surface area contributed by atoms with Crippen molar-refractivity contribution in [3.63, 3.8) is 0 Å². The molecule has 1 unspecified atom stereocenters. The highest BCUT2D eigenvalue weighted by Gasteiger charge is 2.18. The van der Waals surface area contributed by atoms with Gasteiger partial charge in [-0.05, 0) is 17.7 Å². The van der Waals surface area contributed by atoms with E-state index < -0.39 is 12.0 Å². The first kappa shape index (κ1) is 15.6. The molecule has 0 spiro atoms. The van der Waals surface area contributed by atoms with Crippen LogP contribution in [0.1, 0.15) is 25.5 Å². The number of thioether (sulfide) groups is 1. The van der Waals surface area contributed by atoms with Crippen molar-refractivity contribution in [3.05, 3.63) is 60.2 Å². The summed E-state index contributed by atoms with van der Waals surface area (Å²) in [6.07, 6.45) is -1.16. The third-order valence-corrected chi connectivity index (χ3v) is 3.95. The maximum absolute atomic E-state index is 12.2. The number of hydrogen-bond acceptors (Lipinski definition) is 3. The van der Waals surface area contributed by atoms with Crippen molar-refractivity contribution < 1.29 is 9.90 Å². The molecule has 1 amide bonds. The number of rotatable bonds is 5. The Bertz CT molecular complexity index is 599. The Labute approximate surface area is 129 Å². The molecule has 2 aromatic carbocycles. The first-order valence-corrected chi connectivity index (χ1v) is 7.75. The van der Waals surface area contributed by atoms with Crippen molar-refractivity contribution in [2.24, 2.45) is 0 Å². The number of anilines is 1. The Hall–Kier alpha value is -1.78. The van der Waals surface area contributed by atoms with Crippen LogP contribution in [0.15, 0.2) is 59.5 Å². The summed E-state index contributed by atoms with van der Waals surface area (Å²) in [5, 5.41) is 13.3. The summed E-state index contributed by atoms with van der Waals surface area (Å²) < 4.78 is 0. The van der Waals surface area contributed by atoms with Gasteiger partial charge in [0.2, 0.25) is 0 Å².